The lowest BCUT2D eigenvalue weighted by molar-refractivity contribution is -0.118. The van der Waals surface area contributed by atoms with E-state index >= 15 is 0 Å². The highest BCUT2D eigenvalue weighted by atomic mass is 16.1. The van der Waals surface area contributed by atoms with Crippen molar-refractivity contribution in [1.82, 2.24) is 4.90 Å². The van der Waals surface area contributed by atoms with Crippen LogP contribution in [0.25, 0.3) is 11.1 Å². The summed E-state index contributed by atoms with van der Waals surface area (Å²) in [5, 5.41) is 3.04. The van der Waals surface area contributed by atoms with Crippen LogP contribution in [0.1, 0.15) is 36.5 Å². The lowest BCUT2D eigenvalue weighted by atomic mass is 9.77. The molecule has 0 aliphatic carbocycles. The highest BCUT2D eigenvalue weighted by Gasteiger charge is 2.34. The van der Waals surface area contributed by atoms with E-state index in [0.29, 0.717) is 18.3 Å². The van der Waals surface area contributed by atoms with Crippen molar-refractivity contribution < 1.29 is 9.59 Å². The molecule has 1 unspecified atom stereocenters. The number of carbonyl (C=O) groups excluding carboxylic acids is 2. The Hall–Kier alpha value is -2.46. The molecule has 1 amide bonds. The third-order valence-electron chi connectivity index (χ3n) is 6.03. The lowest BCUT2D eigenvalue weighted by Gasteiger charge is -2.44. The van der Waals surface area contributed by atoms with Gasteiger partial charge >= 0.3 is 0 Å². The molecule has 140 valence electrons. The predicted molar refractivity (Wildman–Crippen MR) is 108 cm³/mol. The van der Waals surface area contributed by atoms with Crippen LogP contribution in [-0.4, -0.2) is 36.2 Å². The van der Waals surface area contributed by atoms with Crippen LogP contribution < -0.4 is 5.32 Å². The van der Waals surface area contributed by atoms with Gasteiger partial charge in [0.1, 0.15) is 0 Å². The summed E-state index contributed by atoms with van der Waals surface area (Å²) in [4.78, 5) is 26.8. The van der Waals surface area contributed by atoms with E-state index in [2.05, 4.69) is 10.2 Å². The number of Topliss-reactive ketones (excluding diaryl/α,β-unsaturated/α-hetero) is 1. The largest absolute Gasteiger partial charge is 0.326 e. The second-order valence-electron chi connectivity index (χ2n) is 7.83. The fraction of sp³-hybridized carbons (Fsp3) is 0.391. The number of fused-ring (bicyclic) bond motifs is 3. The number of rotatable bonds is 5. The fourth-order valence-electron chi connectivity index (χ4n) is 4.54. The molecule has 27 heavy (non-hydrogen) atoms. The Labute approximate surface area is 160 Å². The highest BCUT2D eigenvalue weighted by Crippen LogP contribution is 2.34. The van der Waals surface area contributed by atoms with Gasteiger partial charge in [0, 0.05) is 24.2 Å². The lowest BCUT2D eigenvalue weighted by Crippen LogP contribution is -2.48. The second kappa shape index (κ2) is 7.65. The zero-order valence-electron chi connectivity index (χ0n) is 15.8. The molecule has 5 rings (SSSR count). The van der Waals surface area contributed by atoms with E-state index in [1.54, 1.807) is 6.92 Å². The van der Waals surface area contributed by atoms with Crippen LogP contribution >= 0.6 is 0 Å². The number of amides is 1. The van der Waals surface area contributed by atoms with E-state index in [9.17, 15) is 9.59 Å². The Balaban J connectivity index is 1.41. The Bertz CT molecular complexity index is 836. The zero-order valence-corrected chi connectivity index (χ0v) is 15.8. The number of anilines is 1. The Morgan fingerprint density at radius 3 is 2.37 bits per heavy atom. The normalized spacial score (nSPS) is 23.8. The molecule has 3 saturated heterocycles. The molecule has 2 bridgehead atoms. The number of nitrogens with zero attached hydrogens (tertiary/aromatic N) is 1. The summed E-state index contributed by atoms with van der Waals surface area (Å²) in [5.41, 5.74) is 3.44. The molecule has 0 spiro atoms. The molecule has 0 radical (unpaired) electrons. The maximum atomic E-state index is 12.5. The van der Waals surface area contributed by atoms with Gasteiger partial charge in [-0.25, -0.2) is 0 Å². The van der Waals surface area contributed by atoms with Gasteiger partial charge in [-0.1, -0.05) is 36.4 Å². The summed E-state index contributed by atoms with van der Waals surface area (Å²) in [6, 6.07) is 15.4. The first kappa shape index (κ1) is 17.9. The SMILES string of the molecule is CC(=O)c1ccccc1-c1ccc(NC(=O)CC2CN3CCC2CC3)cc1. The quantitative estimate of drug-likeness (QED) is 0.810. The summed E-state index contributed by atoms with van der Waals surface area (Å²) in [5.74, 6) is 1.37. The number of benzene rings is 2. The number of ketones is 1. The standard InChI is InChI=1S/C23H26N2O2/c1-16(26)21-4-2-3-5-22(21)18-6-8-20(9-7-18)24-23(27)14-19-15-25-12-10-17(19)11-13-25/h2-9,17,19H,10-15H2,1H3,(H,24,27). The van der Waals surface area contributed by atoms with E-state index in [-0.39, 0.29) is 11.7 Å². The topological polar surface area (TPSA) is 49.4 Å². The van der Waals surface area contributed by atoms with Crippen LogP contribution in [0.4, 0.5) is 5.69 Å². The van der Waals surface area contributed by atoms with Crippen molar-refractivity contribution >= 4 is 17.4 Å². The minimum absolute atomic E-state index is 0.0560. The first-order chi connectivity index (χ1) is 13.1. The molecule has 3 aliphatic rings. The number of hydrogen-bond donors (Lipinski definition) is 1. The third kappa shape index (κ3) is 3.96. The molecule has 3 aliphatic heterocycles. The van der Waals surface area contributed by atoms with Crippen molar-refractivity contribution in [2.24, 2.45) is 11.8 Å². The Kier molecular flexibility index (Phi) is 5.08. The minimum Gasteiger partial charge on any atom is -0.326 e. The van der Waals surface area contributed by atoms with Crippen molar-refractivity contribution in [3.8, 4) is 11.1 Å². The van der Waals surface area contributed by atoms with E-state index in [1.807, 2.05) is 48.5 Å². The molecule has 3 fully saturated rings. The zero-order chi connectivity index (χ0) is 18.8. The van der Waals surface area contributed by atoms with Gasteiger partial charge in [-0.3, -0.25) is 9.59 Å². The number of hydrogen-bond acceptors (Lipinski definition) is 3. The summed E-state index contributed by atoms with van der Waals surface area (Å²) >= 11 is 0. The van der Waals surface area contributed by atoms with Crippen LogP contribution in [0.3, 0.4) is 0 Å². The molecule has 1 atom stereocenters. The number of nitrogens with one attached hydrogen (secondary N) is 1. The molecular weight excluding hydrogens is 336 g/mol. The van der Waals surface area contributed by atoms with Gasteiger partial charge in [0.15, 0.2) is 5.78 Å². The number of piperidine rings is 3. The Morgan fingerprint density at radius 2 is 1.74 bits per heavy atom. The maximum Gasteiger partial charge on any atom is 0.224 e. The Morgan fingerprint density at radius 1 is 1.04 bits per heavy atom. The molecule has 2 aromatic carbocycles. The van der Waals surface area contributed by atoms with Gasteiger partial charge in [-0.05, 0) is 68.0 Å². The van der Waals surface area contributed by atoms with Gasteiger partial charge in [0.05, 0.1) is 0 Å². The van der Waals surface area contributed by atoms with Gasteiger partial charge < -0.3 is 10.2 Å². The van der Waals surface area contributed by atoms with E-state index in [4.69, 9.17) is 0 Å². The molecule has 2 aromatic rings. The average Bonchev–Trinajstić information content (AvgIpc) is 2.69. The van der Waals surface area contributed by atoms with Crippen molar-refractivity contribution in [2.45, 2.75) is 26.2 Å². The van der Waals surface area contributed by atoms with Gasteiger partial charge in [0.25, 0.3) is 0 Å². The van der Waals surface area contributed by atoms with Gasteiger partial charge in [-0.15, -0.1) is 0 Å². The monoisotopic (exact) mass is 362 g/mol. The van der Waals surface area contributed by atoms with E-state index in [0.717, 1.165) is 28.9 Å². The van der Waals surface area contributed by atoms with Crippen LogP contribution in [-0.2, 0) is 4.79 Å². The molecule has 4 nitrogen and oxygen atoms in total. The molecular formula is C23H26N2O2. The van der Waals surface area contributed by atoms with Crippen molar-refractivity contribution in [1.29, 1.82) is 0 Å². The highest BCUT2D eigenvalue weighted by molar-refractivity contribution is 6.01. The predicted octanol–water partition coefficient (Wildman–Crippen LogP) is 4.23. The average molecular weight is 362 g/mol. The van der Waals surface area contributed by atoms with Crippen molar-refractivity contribution in [3.63, 3.8) is 0 Å². The first-order valence-electron chi connectivity index (χ1n) is 9.83. The number of carbonyl (C=O) groups is 2. The van der Waals surface area contributed by atoms with Crippen LogP contribution in [0.5, 0.6) is 0 Å². The smallest absolute Gasteiger partial charge is 0.224 e. The molecule has 1 N–H and O–H groups in total. The third-order valence-corrected chi connectivity index (χ3v) is 6.03. The van der Waals surface area contributed by atoms with Gasteiger partial charge in [-0.2, -0.15) is 0 Å². The van der Waals surface area contributed by atoms with E-state index in [1.165, 1.54) is 25.9 Å². The summed E-state index contributed by atoms with van der Waals surface area (Å²) in [6.45, 7) is 5.05. The second-order valence-corrected chi connectivity index (χ2v) is 7.83. The van der Waals surface area contributed by atoms with Crippen LogP contribution in [0.2, 0.25) is 0 Å². The van der Waals surface area contributed by atoms with Gasteiger partial charge in [0.2, 0.25) is 5.91 Å². The molecule has 4 heteroatoms. The van der Waals surface area contributed by atoms with Crippen LogP contribution in [0.15, 0.2) is 48.5 Å². The minimum atomic E-state index is 0.0560. The van der Waals surface area contributed by atoms with Crippen molar-refractivity contribution in [2.75, 3.05) is 25.0 Å². The molecule has 0 saturated carbocycles. The molecule has 3 heterocycles. The van der Waals surface area contributed by atoms with E-state index < -0.39 is 0 Å². The summed E-state index contributed by atoms with van der Waals surface area (Å²) in [7, 11) is 0. The summed E-state index contributed by atoms with van der Waals surface area (Å²) in [6.07, 6.45) is 3.08. The molecule has 0 aromatic heterocycles. The van der Waals surface area contributed by atoms with Crippen molar-refractivity contribution in [3.05, 3.63) is 54.1 Å². The van der Waals surface area contributed by atoms with Crippen LogP contribution in [0, 0.1) is 11.8 Å². The summed E-state index contributed by atoms with van der Waals surface area (Å²) < 4.78 is 0. The first-order valence-corrected chi connectivity index (χ1v) is 9.83. The fourth-order valence-corrected chi connectivity index (χ4v) is 4.54. The maximum absolute atomic E-state index is 12.5.